The van der Waals surface area contributed by atoms with Crippen molar-refractivity contribution in [3.8, 4) is 11.4 Å². The summed E-state index contributed by atoms with van der Waals surface area (Å²) in [6.07, 6.45) is 2.93. The Kier molecular flexibility index (Phi) is 7.18. The van der Waals surface area contributed by atoms with Gasteiger partial charge in [0, 0.05) is 28.4 Å². The molecule has 0 saturated heterocycles. The minimum absolute atomic E-state index is 0.0720. The number of hydrogen-bond acceptors (Lipinski definition) is 7. The average Bonchev–Trinajstić information content (AvgIpc) is 3.25. The number of nitrogens with zero attached hydrogens (tertiary/aromatic N) is 4. The maximum absolute atomic E-state index is 13.2. The molecular formula is C27H18ClN5O2S2. The van der Waals surface area contributed by atoms with Crippen LogP contribution in [-0.4, -0.2) is 33.0 Å². The normalized spacial score (nSPS) is 11.5. The molecule has 3 aromatic carbocycles. The first-order valence-electron chi connectivity index (χ1n) is 11.0. The Morgan fingerprint density at radius 3 is 2.54 bits per heavy atom. The summed E-state index contributed by atoms with van der Waals surface area (Å²) in [5, 5.41) is 15.4. The molecular weight excluding hydrogens is 526 g/mol. The summed E-state index contributed by atoms with van der Waals surface area (Å²) >= 11 is 13.0. The molecule has 37 heavy (non-hydrogen) atoms. The van der Waals surface area contributed by atoms with E-state index in [0.29, 0.717) is 20.9 Å². The predicted octanol–water partition coefficient (Wildman–Crippen LogP) is 6.69. The van der Waals surface area contributed by atoms with Crippen LogP contribution in [0.1, 0.15) is 20.8 Å². The molecule has 0 aliphatic rings. The fourth-order valence-corrected chi connectivity index (χ4v) is 5.04. The molecule has 0 aliphatic carbocycles. The number of phenolic OH excluding ortho intramolecular Hbond substituents is 1. The maximum Gasteiger partial charge on any atom is 0.285 e. The average molecular weight is 544 g/mol. The van der Waals surface area contributed by atoms with Crippen LogP contribution in [0.25, 0.3) is 16.6 Å². The van der Waals surface area contributed by atoms with Gasteiger partial charge in [-0.05, 0) is 48.6 Å². The molecule has 2 aromatic heterocycles. The van der Waals surface area contributed by atoms with Crippen LogP contribution < -0.4 is 5.43 Å². The van der Waals surface area contributed by atoms with Gasteiger partial charge in [0.25, 0.3) is 5.91 Å². The van der Waals surface area contributed by atoms with E-state index < -0.39 is 5.91 Å². The summed E-state index contributed by atoms with van der Waals surface area (Å²) in [5.41, 5.74) is 5.12. The van der Waals surface area contributed by atoms with Gasteiger partial charge < -0.3 is 5.11 Å². The Morgan fingerprint density at radius 2 is 1.73 bits per heavy atom. The summed E-state index contributed by atoms with van der Waals surface area (Å²) in [7, 11) is 0. The highest BCUT2D eigenvalue weighted by molar-refractivity contribution is 7.73. The van der Waals surface area contributed by atoms with E-state index in [-0.39, 0.29) is 15.8 Å². The molecule has 0 aliphatic heterocycles. The number of hydrogen-bond donors (Lipinski definition) is 2. The van der Waals surface area contributed by atoms with Crippen LogP contribution in [0.5, 0.6) is 5.75 Å². The number of benzene rings is 3. The van der Waals surface area contributed by atoms with Gasteiger partial charge in [-0.25, -0.2) is 15.4 Å². The Morgan fingerprint density at radius 1 is 1.00 bits per heavy atom. The lowest BCUT2D eigenvalue weighted by Gasteiger charge is -2.07. The molecule has 0 unspecified atom stereocenters. The standard InChI is InChI=1S/C27H18ClN5O2S2/c28-24-19(14-17-8-4-6-12-21(17)31-24)16-30-32-26(35)23-25(29-15-18-9-5-7-13-22(18)34)33(27(36)37-23)20-10-2-1-3-11-20/h1-16,34H,(H,32,35)/b29-15+,30-16+. The largest absolute Gasteiger partial charge is 0.507 e. The summed E-state index contributed by atoms with van der Waals surface area (Å²) in [5.74, 6) is -0.0956. The zero-order chi connectivity index (χ0) is 25.8. The van der Waals surface area contributed by atoms with E-state index in [1.54, 1.807) is 28.8 Å². The SMILES string of the molecule is O=C(N/N=C/c1cc2ccccc2nc1Cl)c1sc(=S)n(-c2ccccc2)c1/N=C/c1ccccc1O. The molecule has 2 heterocycles. The van der Waals surface area contributed by atoms with Crippen molar-refractivity contribution in [2.45, 2.75) is 0 Å². The van der Waals surface area contributed by atoms with E-state index in [9.17, 15) is 9.90 Å². The number of thiazole rings is 1. The minimum atomic E-state index is -0.490. The number of halogens is 1. The second-order valence-corrected chi connectivity index (χ2v) is 9.77. The molecule has 5 rings (SSSR count). The quantitative estimate of drug-likeness (QED) is 0.108. The third kappa shape index (κ3) is 5.34. The van der Waals surface area contributed by atoms with Crippen LogP contribution in [0, 0.1) is 3.95 Å². The van der Waals surface area contributed by atoms with E-state index in [4.69, 9.17) is 23.8 Å². The summed E-state index contributed by atoms with van der Waals surface area (Å²) in [4.78, 5) is 22.4. The van der Waals surface area contributed by atoms with Crippen LogP contribution in [0.15, 0.2) is 95.0 Å². The molecule has 0 bridgehead atoms. The fourth-order valence-electron chi connectivity index (χ4n) is 3.57. The van der Waals surface area contributed by atoms with E-state index in [1.807, 2.05) is 60.7 Å². The lowest BCUT2D eigenvalue weighted by atomic mass is 10.2. The number of aliphatic imine (C=N–C) groups is 1. The van der Waals surface area contributed by atoms with Gasteiger partial charge in [-0.1, -0.05) is 71.5 Å². The Hall–Kier alpha value is -4.18. The van der Waals surface area contributed by atoms with Gasteiger partial charge in [-0.2, -0.15) is 5.10 Å². The number of pyridine rings is 1. The van der Waals surface area contributed by atoms with Gasteiger partial charge in [-0.3, -0.25) is 9.36 Å². The summed E-state index contributed by atoms with van der Waals surface area (Å²) in [6, 6.07) is 25.6. The molecule has 5 aromatic rings. The molecule has 0 fully saturated rings. The predicted molar refractivity (Wildman–Crippen MR) is 152 cm³/mol. The number of aromatic hydroxyl groups is 1. The topological polar surface area (TPSA) is 91.9 Å². The zero-order valence-corrected chi connectivity index (χ0v) is 21.5. The summed E-state index contributed by atoms with van der Waals surface area (Å²) < 4.78 is 2.14. The van der Waals surface area contributed by atoms with E-state index in [2.05, 4.69) is 20.5 Å². The van der Waals surface area contributed by atoms with Crippen molar-refractivity contribution in [3.05, 3.63) is 110 Å². The highest BCUT2D eigenvalue weighted by Gasteiger charge is 2.20. The number of hydrazone groups is 1. The van der Waals surface area contributed by atoms with Gasteiger partial charge in [0.15, 0.2) is 9.77 Å². The van der Waals surface area contributed by atoms with E-state index >= 15 is 0 Å². The third-order valence-corrected chi connectivity index (χ3v) is 7.01. The van der Waals surface area contributed by atoms with Crippen molar-refractivity contribution >= 4 is 70.2 Å². The number of phenols is 1. The maximum atomic E-state index is 13.2. The molecule has 0 spiro atoms. The highest BCUT2D eigenvalue weighted by Crippen LogP contribution is 2.31. The number of nitrogens with one attached hydrogen (secondary N) is 1. The molecule has 182 valence electrons. The fraction of sp³-hybridized carbons (Fsp3) is 0. The van der Waals surface area contributed by atoms with Crippen molar-refractivity contribution in [2.75, 3.05) is 0 Å². The number of fused-ring (bicyclic) bond motifs is 1. The molecule has 2 N–H and O–H groups in total. The molecule has 0 saturated carbocycles. The van der Waals surface area contributed by atoms with Crippen LogP contribution in [0.2, 0.25) is 5.15 Å². The minimum Gasteiger partial charge on any atom is -0.507 e. The molecule has 0 atom stereocenters. The van der Waals surface area contributed by atoms with Crippen LogP contribution in [0.4, 0.5) is 5.82 Å². The monoisotopic (exact) mass is 543 g/mol. The van der Waals surface area contributed by atoms with Crippen molar-refractivity contribution in [3.63, 3.8) is 0 Å². The molecule has 1 amide bonds. The smallest absolute Gasteiger partial charge is 0.285 e. The van der Waals surface area contributed by atoms with Gasteiger partial charge in [0.1, 0.15) is 15.8 Å². The zero-order valence-electron chi connectivity index (χ0n) is 19.1. The van der Waals surface area contributed by atoms with Crippen molar-refractivity contribution in [1.29, 1.82) is 0 Å². The Labute approximate surface area is 226 Å². The van der Waals surface area contributed by atoms with Gasteiger partial charge >= 0.3 is 0 Å². The van der Waals surface area contributed by atoms with Crippen LogP contribution >= 0.6 is 35.2 Å². The Balaban J connectivity index is 1.48. The van der Waals surface area contributed by atoms with Gasteiger partial charge in [0.05, 0.1) is 11.7 Å². The first kappa shape index (κ1) is 24.5. The van der Waals surface area contributed by atoms with Crippen LogP contribution in [-0.2, 0) is 0 Å². The number of aromatic nitrogens is 2. The van der Waals surface area contributed by atoms with Crippen LogP contribution in [0.3, 0.4) is 0 Å². The van der Waals surface area contributed by atoms with E-state index in [0.717, 1.165) is 27.9 Å². The van der Waals surface area contributed by atoms with Gasteiger partial charge in [0.2, 0.25) is 0 Å². The van der Waals surface area contributed by atoms with E-state index in [1.165, 1.54) is 12.4 Å². The molecule has 10 heteroatoms. The lowest BCUT2D eigenvalue weighted by Crippen LogP contribution is -2.17. The van der Waals surface area contributed by atoms with Gasteiger partial charge in [-0.15, -0.1) is 0 Å². The number of rotatable bonds is 6. The third-order valence-electron chi connectivity index (χ3n) is 5.34. The number of carbonyl (C=O) groups excluding carboxylic acids is 1. The number of para-hydroxylation sites is 3. The van der Waals surface area contributed by atoms with Crippen molar-refractivity contribution in [2.24, 2.45) is 10.1 Å². The Bertz CT molecular complexity index is 1730. The number of carbonyl (C=O) groups is 1. The number of amides is 1. The second kappa shape index (κ2) is 10.8. The van der Waals surface area contributed by atoms with Crippen molar-refractivity contribution in [1.82, 2.24) is 15.0 Å². The summed E-state index contributed by atoms with van der Waals surface area (Å²) in [6.45, 7) is 0. The molecule has 7 nitrogen and oxygen atoms in total. The lowest BCUT2D eigenvalue weighted by molar-refractivity contribution is 0.0959. The highest BCUT2D eigenvalue weighted by atomic mass is 35.5. The first-order chi connectivity index (χ1) is 18.0. The van der Waals surface area contributed by atoms with Crippen molar-refractivity contribution < 1.29 is 9.90 Å². The first-order valence-corrected chi connectivity index (χ1v) is 12.6. The molecule has 0 radical (unpaired) electrons. The second-order valence-electron chi connectivity index (χ2n) is 7.77.